The summed E-state index contributed by atoms with van der Waals surface area (Å²) in [5.41, 5.74) is -1.54. The van der Waals surface area contributed by atoms with Crippen molar-refractivity contribution in [1.82, 2.24) is 10.2 Å². The van der Waals surface area contributed by atoms with Crippen molar-refractivity contribution in [3.05, 3.63) is 65.2 Å². The maximum atomic E-state index is 14.1. The van der Waals surface area contributed by atoms with Crippen LogP contribution in [-0.2, 0) is 15.1 Å². The van der Waals surface area contributed by atoms with Gasteiger partial charge in [0, 0.05) is 11.3 Å². The molecular formula is C19H14F2N4O3. The molecule has 0 unspecified atom stereocenters. The first-order chi connectivity index (χ1) is 13.2. The molecular weight excluding hydrogens is 370 g/mol. The molecule has 0 saturated carbocycles. The van der Waals surface area contributed by atoms with E-state index in [9.17, 15) is 23.2 Å². The van der Waals surface area contributed by atoms with Gasteiger partial charge in [-0.15, -0.1) is 0 Å². The highest BCUT2D eigenvalue weighted by atomic mass is 19.1. The lowest BCUT2D eigenvalue weighted by Crippen LogP contribution is -2.42. The quantitative estimate of drug-likeness (QED) is 0.789. The van der Waals surface area contributed by atoms with E-state index < -0.39 is 41.6 Å². The standard InChI is InChI=1S/C19H14F2N4O3/c1-19(14-8-12(20)5-6-15(14)21)17(27)25(18(28)24-19)10-16(26)23-13-4-2-3-11(7-13)9-22/h2-8H,10H2,1H3,(H,23,26)(H,24,28)/t19-/m0/s1. The second-order valence-electron chi connectivity index (χ2n) is 6.31. The Hall–Kier alpha value is -3.80. The van der Waals surface area contributed by atoms with Gasteiger partial charge in [0.2, 0.25) is 5.91 Å². The van der Waals surface area contributed by atoms with Crippen molar-refractivity contribution >= 4 is 23.5 Å². The largest absolute Gasteiger partial charge is 0.325 e. The third kappa shape index (κ3) is 3.40. The molecule has 1 heterocycles. The second-order valence-corrected chi connectivity index (χ2v) is 6.31. The normalized spacial score (nSPS) is 18.6. The van der Waals surface area contributed by atoms with Crippen molar-refractivity contribution in [2.45, 2.75) is 12.5 Å². The molecule has 0 aliphatic carbocycles. The van der Waals surface area contributed by atoms with Crippen LogP contribution < -0.4 is 10.6 Å². The number of nitrogens with one attached hydrogen (secondary N) is 2. The average Bonchev–Trinajstić information content (AvgIpc) is 2.87. The van der Waals surface area contributed by atoms with Crippen molar-refractivity contribution in [3.8, 4) is 6.07 Å². The predicted octanol–water partition coefficient (Wildman–Crippen LogP) is 2.24. The number of hydrogen-bond acceptors (Lipinski definition) is 4. The Morgan fingerprint density at radius 1 is 1.25 bits per heavy atom. The zero-order chi connectivity index (χ0) is 20.5. The van der Waals surface area contributed by atoms with Crippen molar-refractivity contribution in [2.75, 3.05) is 11.9 Å². The minimum atomic E-state index is -1.84. The molecule has 0 aromatic heterocycles. The van der Waals surface area contributed by atoms with Gasteiger partial charge in [-0.2, -0.15) is 5.26 Å². The molecule has 0 spiro atoms. The number of benzene rings is 2. The van der Waals surface area contributed by atoms with Gasteiger partial charge in [0.1, 0.15) is 23.7 Å². The van der Waals surface area contributed by atoms with Crippen molar-refractivity contribution in [1.29, 1.82) is 5.26 Å². The van der Waals surface area contributed by atoms with E-state index in [0.29, 0.717) is 16.2 Å². The van der Waals surface area contributed by atoms with E-state index in [-0.39, 0.29) is 5.56 Å². The van der Waals surface area contributed by atoms with Gasteiger partial charge in [0.25, 0.3) is 5.91 Å². The summed E-state index contributed by atoms with van der Waals surface area (Å²) >= 11 is 0. The number of rotatable bonds is 4. The van der Waals surface area contributed by atoms with Gasteiger partial charge in [-0.1, -0.05) is 6.07 Å². The Kier molecular flexibility index (Phi) is 4.79. The van der Waals surface area contributed by atoms with E-state index in [2.05, 4.69) is 10.6 Å². The molecule has 1 atom stereocenters. The molecule has 1 aliphatic rings. The number of imide groups is 1. The third-order valence-electron chi connectivity index (χ3n) is 4.32. The Bertz CT molecular complexity index is 1030. The van der Waals surface area contributed by atoms with Gasteiger partial charge < -0.3 is 10.6 Å². The lowest BCUT2D eigenvalue weighted by atomic mass is 9.91. The van der Waals surface area contributed by atoms with Crippen LogP contribution in [0.3, 0.4) is 0 Å². The Morgan fingerprint density at radius 3 is 2.71 bits per heavy atom. The second kappa shape index (κ2) is 7.08. The molecule has 1 aliphatic heterocycles. The number of carbonyl (C=O) groups excluding carboxylic acids is 3. The first kappa shape index (κ1) is 19.0. The summed E-state index contributed by atoms with van der Waals surface area (Å²) < 4.78 is 27.6. The molecule has 2 N–H and O–H groups in total. The van der Waals surface area contributed by atoms with E-state index in [1.54, 1.807) is 12.1 Å². The highest BCUT2D eigenvalue weighted by Gasteiger charge is 2.50. The number of nitriles is 1. The Balaban J connectivity index is 1.79. The average molecular weight is 384 g/mol. The lowest BCUT2D eigenvalue weighted by Gasteiger charge is -2.22. The van der Waals surface area contributed by atoms with Crippen molar-refractivity contribution in [2.24, 2.45) is 0 Å². The predicted molar refractivity (Wildman–Crippen MR) is 93.7 cm³/mol. The van der Waals surface area contributed by atoms with Crippen LogP contribution in [0.15, 0.2) is 42.5 Å². The maximum Gasteiger partial charge on any atom is 0.325 e. The van der Waals surface area contributed by atoms with E-state index in [1.165, 1.54) is 19.1 Å². The molecule has 0 bridgehead atoms. The summed E-state index contributed by atoms with van der Waals surface area (Å²) in [6.45, 7) is 0.605. The fraction of sp³-hybridized carbons (Fsp3) is 0.158. The molecule has 9 heteroatoms. The van der Waals surface area contributed by atoms with Gasteiger partial charge in [-0.3, -0.25) is 14.5 Å². The third-order valence-corrected chi connectivity index (χ3v) is 4.32. The number of halogens is 2. The van der Waals surface area contributed by atoms with Crippen LogP contribution in [0.25, 0.3) is 0 Å². The van der Waals surface area contributed by atoms with E-state index in [4.69, 9.17) is 5.26 Å². The van der Waals surface area contributed by atoms with E-state index in [0.717, 1.165) is 18.2 Å². The Morgan fingerprint density at radius 2 is 2.00 bits per heavy atom. The monoisotopic (exact) mass is 384 g/mol. The zero-order valence-corrected chi connectivity index (χ0v) is 14.6. The van der Waals surface area contributed by atoms with Gasteiger partial charge in [0.15, 0.2) is 0 Å². The van der Waals surface area contributed by atoms with Crippen molar-refractivity contribution < 1.29 is 23.2 Å². The number of amides is 4. The fourth-order valence-electron chi connectivity index (χ4n) is 2.91. The first-order valence-corrected chi connectivity index (χ1v) is 8.14. The molecule has 2 aromatic rings. The molecule has 1 fully saturated rings. The lowest BCUT2D eigenvalue weighted by molar-refractivity contribution is -0.133. The molecule has 4 amide bonds. The molecule has 3 rings (SSSR count). The first-order valence-electron chi connectivity index (χ1n) is 8.14. The summed E-state index contributed by atoms with van der Waals surface area (Å²) in [4.78, 5) is 37.8. The summed E-state index contributed by atoms with van der Waals surface area (Å²) in [5.74, 6) is -3.21. The zero-order valence-electron chi connectivity index (χ0n) is 14.6. The minimum Gasteiger partial charge on any atom is -0.324 e. The van der Waals surface area contributed by atoms with Gasteiger partial charge in [-0.05, 0) is 43.3 Å². The van der Waals surface area contributed by atoms with Crippen LogP contribution in [0.1, 0.15) is 18.1 Å². The Labute approximate surface area is 158 Å². The number of hydrogen-bond donors (Lipinski definition) is 2. The van der Waals surface area contributed by atoms with Crippen molar-refractivity contribution in [3.63, 3.8) is 0 Å². The molecule has 2 aromatic carbocycles. The van der Waals surface area contributed by atoms with Crippen LogP contribution in [0.2, 0.25) is 0 Å². The number of nitrogens with zero attached hydrogens (tertiary/aromatic N) is 2. The summed E-state index contributed by atoms with van der Waals surface area (Å²) in [6, 6.07) is 9.66. The number of carbonyl (C=O) groups is 3. The van der Waals surface area contributed by atoms with E-state index >= 15 is 0 Å². The SMILES string of the molecule is C[C@@]1(c2cc(F)ccc2F)NC(=O)N(CC(=O)Nc2cccc(C#N)c2)C1=O. The van der Waals surface area contributed by atoms with Gasteiger partial charge in [0.05, 0.1) is 11.6 Å². The fourth-order valence-corrected chi connectivity index (χ4v) is 2.91. The van der Waals surface area contributed by atoms with Crippen LogP contribution in [0, 0.1) is 23.0 Å². The molecule has 1 saturated heterocycles. The minimum absolute atomic E-state index is 0.315. The van der Waals surface area contributed by atoms with Crippen LogP contribution in [0.5, 0.6) is 0 Å². The number of anilines is 1. The van der Waals surface area contributed by atoms with Gasteiger partial charge in [-0.25, -0.2) is 13.6 Å². The number of urea groups is 1. The molecule has 7 nitrogen and oxygen atoms in total. The molecule has 142 valence electrons. The topological polar surface area (TPSA) is 102 Å². The molecule has 28 heavy (non-hydrogen) atoms. The summed E-state index contributed by atoms with van der Waals surface area (Å²) in [6.07, 6.45) is 0. The smallest absolute Gasteiger partial charge is 0.324 e. The highest BCUT2D eigenvalue weighted by molar-refractivity contribution is 6.10. The maximum absolute atomic E-state index is 14.1. The van der Waals surface area contributed by atoms with Crippen LogP contribution >= 0.6 is 0 Å². The van der Waals surface area contributed by atoms with Crippen LogP contribution in [-0.4, -0.2) is 29.3 Å². The summed E-state index contributed by atoms with van der Waals surface area (Å²) in [5, 5.41) is 13.7. The van der Waals surface area contributed by atoms with Crippen LogP contribution in [0.4, 0.5) is 19.3 Å². The highest BCUT2D eigenvalue weighted by Crippen LogP contribution is 2.31. The van der Waals surface area contributed by atoms with Gasteiger partial charge >= 0.3 is 6.03 Å². The molecule has 0 radical (unpaired) electrons. The summed E-state index contributed by atoms with van der Waals surface area (Å²) in [7, 11) is 0. The van der Waals surface area contributed by atoms with E-state index in [1.807, 2.05) is 6.07 Å².